The van der Waals surface area contributed by atoms with Crippen molar-refractivity contribution >= 4 is 23.2 Å². The number of ether oxygens (including phenoxy) is 2. The van der Waals surface area contributed by atoms with Crippen molar-refractivity contribution in [1.29, 1.82) is 0 Å². The zero-order valence-electron chi connectivity index (χ0n) is 14.7. The summed E-state index contributed by atoms with van der Waals surface area (Å²) >= 11 is 12.2. The van der Waals surface area contributed by atoms with E-state index in [1.165, 1.54) is 0 Å². The maximum absolute atomic E-state index is 6.14. The highest BCUT2D eigenvalue weighted by molar-refractivity contribution is 6.42. The van der Waals surface area contributed by atoms with Gasteiger partial charge in [0.25, 0.3) is 0 Å². The third kappa shape index (κ3) is 4.09. The van der Waals surface area contributed by atoms with Crippen molar-refractivity contribution in [3.05, 3.63) is 56.8 Å². The molecule has 0 amide bonds. The molecule has 1 aromatic heterocycles. The van der Waals surface area contributed by atoms with Crippen LogP contribution in [-0.2, 0) is 11.3 Å². The molecule has 2 aromatic rings. The van der Waals surface area contributed by atoms with Crippen molar-refractivity contribution in [3.63, 3.8) is 0 Å². The molecule has 6 heteroatoms. The first-order valence-electron chi connectivity index (χ1n) is 8.27. The van der Waals surface area contributed by atoms with Gasteiger partial charge in [-0.2, -0.15) is 0 Å². The Labute approximate surface area is 158 Å². The highest BCUT2D eigenvalue weighted by atomic mass is 35.5. The summed E-state index contributed by atoms with van der Waals surface area (Å²) in [5.41, 5.74) is 4.24. The minimum Gasteiger partial charge on any atom is -0.496 e. The number of aromatic nitrogens is 1. The molecule has 0 spiro atoms. The smallest absolute Gasteiger partial charge is 0.128 e. The van der Waals surface area contributed by atoms with Crippen LogP contribution in [0.15, 0.2) is 24.4 Å². The molecule has 0 saturated carbocycles. The molecular formula is C19H22Cl2N2O2. The van der Waals surface area contributed by atoms with Crippen LogP contribution < -0.4 is 4.74 Å². The molecule has 0 bridgehead atoms. The van der Waals surface area contributed by atoms with Crippen LogP contribution in [0.3, 0.4) is 0 Å². The first kappa shape index (κ1) is 18.5. The Bertz CT molecular complexity index is 767. The fraction of sp³-hybridized carbons (Fsp3) is 0.421. The van der Waals surface area contributed by atoms with E-state index in [9.17, 15) is 0 Å². The van der Waals surface area contributed by atoms with Gasteiger partial charge in [0.2, 0.25) is 0 Å². The van der Waals surface area contributed by atoms with Crippen LogP contribution >= 0.6 is 23.2 Å². The summed E-state index contributed by atoms with van der Waals surface area (Å²) in [5.74, 6) is 0.916. The normalized spacial score (nSPS) is 18.4. The highest BCUT2D eigenvalue weighted by Crippen LogP contribution is 2.30. The van der Waals surface area contributed by atoms with E-state index in [4.69, 9.17) is 32.7 Å². The van der Waals surface area contributed by atoms with Gasteiger partial charge < -0.3 is 9.47 Å². The van der Waals surface area contributed by atoms with Gasteiger partial charge >= 0.3 is 0 Å². The van der Waals surface area contributed by atoms with Crippen LogP contribution in [0.1, 0.15) is 28.5 Å². The quantitative estimate of drug-likeness (QED) is 0.776. The number of methoxy groups -OCH3 is 1. The lowest BCUT2D eigenvalue weighted by molar-refractivity contribution is -0.0333. The second kappa shape index (κ2) is 7.92. The largest absolute Gasteiger partial charge is 0.496 e. The van der Waals surface area contributed by atoms with Gasteiger partial charge in [-0.1, -0.05) is 29.3 Å². The molecule has 25 heavy (non-hydrogen) atoms. The summed E-state index contributed by atoms with van der Waals surface area (Å²) in [4.78, 5) is 6.95. The molecule has 3 rings (SSSR count). The Morgan fingerprint density at radius 1 is 1.28 bits per heavy atom. The van der Waals surface area contributed by atoms with Crippen molar-refractivity contribution in [3.8, 4) is 5.75 Å². The first-order chi connectivity index (χ1) is 12.0. The van der Waals surface area contributed by atoms with Gasteiger partial charge in [-0.05, 0) is 31.5 Å². The zero-order valence-corrected chi connectivity index (χ0v) is 16.2. The number of rotatable bonds is 4. The lowest BCUT2D eigenvalue weighted by atomic mass is 10.1. The van der Waals surface area contributed by atoms with E-state index in [1.54, 1.807) is 7.11 Å². The topological polar surface area (TPSA) is 34.6 Å². The second-order valence-corrected chi connectivity index (χ2v) is 7.13. The van der Waals surface area contributed by atoms with Crippen molar-refractivity contribution in [1.82, 2.24) is 9.88 Å². The summed E-state index contributed by atoms with van der Waals surface area (Å²) in [6.45, 7) is 7.17. The number of morpholine rings is 1. The molecule has 1 fully saturated rings. The second-order valence-electron chi connectivity index (χ2n) is 6.31. The first-order valence-corrected chi connectivity index (χ1v) is 9.03. The van der Waals surface area contributed by atoms with Crippen LogP contribution in [0.5, 0.6) is 5.75 Å². The van der Waals surface area contributed by atoms with Crippen molar-refractivity contribution < 1.29 is 9.47 Å². The Morgan fingerprint density at radius 2 is 2.08 bits per heavy atom. The Balaban J connectivity index is 1.75. The van der Waals surface area contributed by atoms with Crippen LogP contribution in [-0.4, -0.2) is 36.7 Å². The summed E-state index contributed by atoms with van der Waals surface area (Å²) in [6, 6.07) is 5.68. The van der Waals surface area contributed by atoms with E-state index in [0.29, 0.717) is 16.7 Å². The van der Waals surface area contributed by atoms with Crippen molar-refractivity contribution in [2.45, 2.75) is 26.5 Å². The SMILES string of the molecule is COc1c(C)cnc(CN2CCO[C@H](c3ccc(Cl)c(Cl)c3)C2)c1C. The van der Waals surface area contributed by atoms with Crippen LogP contribution in [0.4, 0.5) is 0 Å². The number of nitrogens with zero attached hydrogens (tertiary/aromatic N) is 2. The average Bonchev–Trinajstić information content (AvgIpc) is 2.61. The zero-order chi connectivity index (χ0) is 18.0. The summed E-state index contributed by atoms with van der Waals surface area (Å²) in [5, 5.41) is 1.12. The van der Waals surface area contributed by atoms with E-state index in [1.807, 2.05) is 31.3 Å². The Hall–Kier alpha value is -1.33. The number of aryl methyl sites for hydroxylation is 1. The molecule has 2 heterocycles. The average molecular weight is 381 g/mol. The van der Waals surface area contributed by atoms with Crippen molar-refractivity contribution in [2.24, 2.45) is 0 Å². The number of hydrogen-bond donors (Lipinski definition) is 0. The lowest BCUT2D eigenvalue weighted by Gasteiger charge is -2.33. The molecule has 1 atom stereocenters. The maximum atomic E-state index is 6.14. The number of hydrogen-bond acceptors (Lipinski definition) is 4. The van der Waals surface area contributed by atoms with Gasteiger partial charge in [0.15, 0.2) is 0 Å². The van der Waals surface area contributed by atoms with E-state index >= 15 is 0 Å². The van der Waals surface area contributed by atoms with E-state index in [0.717, 1.165) is 47.8 Å². The summed E-state index contributed by atoms with van der Waals surface area (Å²) in [6.07, 6.45) is 1.86. The summed E-state index contributed by atoms with van der Waals surface area (Å²) in [7, 11) is 1.70. The molecule has 1 aliphatic heterocycles. The van der Waals surface area contributed by atoms with Crippen LogP contribution in [0.2, 0.25) is 10.0 Å². The molecular weight excluding hydrogens is 359 g/mol. The van der Waals surface area contributed by atoms with Crippen LogP contribution in [0, 0.1) is 13.8 Å². The van der Waals surface area contributed by atoms with Gasteiger partial charge in [-0.25, -0.2) is 0 Å². The lowest BCUT2D eigenvalue weighted by Crippen LogP contribution is -2.38. The highest BCUT2D eigenvalue weighted by Gasteiger charge is 2.24. The van der Waals surface area contributed by atoms with Crippen molar-refractivity contribution in [2.75, 3.05) is 26.8 Å². The standard InChI is InChI=1S/C19H22Cl2N2O2/c1-12-9-22-17(13(2)19(12)24-3)10-23-6-7-25-18(11-23)14-4-5-15(20)16(21)8-14/h4-5,8-9,18H,6-7,10-11H2,1-3H3/t18-/m0/s1. The monoisotopic (exact) mass is 380 g/mol. The molecule has 4 nitrogen and oxygen atoms in total. The van der Waals surface area contributed by atoms with Gasteiger partial charge in [-0.15, -0.1) is 0 Å². The van der Waals surface area contributed by atoms with E-state index < -0.39 is 0 Å². The molecule has 1 aromatic carbocycles. The minimum absolute atomic E-state index is 0.0174. The van der Waals surface area contributed by atoms with Gasteiger partial charge in [0.1, 0.15) is 5.75 Å². The van der Waals surface area contributed by atoms with E-state index in [2.05, 4.69) is 16.8 Å². The molecule has 0 unspecified atom stereocenters. The molecule has 0 N–H and O–H groups in total. The number of benzene rings is 1. The molecule has 1 aliphatic rings. The third-order valence-electron chi connectivity index (χ3n) is 4.59. The number of halogens is 2. The van der Waals surface area contributed by atoms with Gasteiger partial charge in [-0.3, -0.25) is 9.88 Å². The molecule has 134 valence electrons. The fourth-order valence-electron chi connectivity index (χ4n) is 3.20. The molecule has 0 radical (unpaired) electrons. The Morgan fingerprint density at radius 3 is 2.80 bits per heavy atom. The fourth-order valence-corrected chi connectivity index (χ4v) is 3.51. The predicted molar refractivity (Wildman–Crippen MR) is 101 cm³/mol. The predicted octanol–water partition coefficient (Wildman–Crippen LogP) is 4.59. The van der Waals surface area contributed by atoms with Crippen LogP contribution in [0.25, 0.3) is 0 Å². The van der Waals surface area contributed by atoms with E-state index in [-0.39, 0.29) is 6.10 Å². The third-order valence-corrected chi connectivity index (χ3v) is 5.33. The molecule has 1 saturated heterocycles. The van der Waals surface area contributed by atoms with Gasteiger partial charge in [0.05, 0.1) is 35.6 Å². The summed E-state index contributed by atoms with van der Waals surface area (Å²) < 4.78 is 11.4. The maximum Gasteiger partial charge on any atom is 0.128 e. The minimum atomic E-state index is -0.0174. The number of pyridine rings is 1. The van der Waals surface area contributed by atoms with Gasteiger partial charge in [0, 0.05) is 37.0 Å². The Kier molecular flexibility index (Phi) is 5.85. The molecule has 0 aliphatic carbocycles.